The molecule has 0 saturated heterocycles. The highest BCUT2D eigenvalue weighted by Crippen LogP contribution is 2.09. The van der Waals surface area contributed by atoms with Crippen LogP contribution in [0.2, 0.25) is 13.1 Å². The van der Waals surface area contributed by atoms with Crippen molar-refractivity contribution in [2.45, 2.75) is 13.1 Å². The van der Waals surface area contributed by atoms with Gasteiger partial charge in [-0.05, 0) is 30.4 Å². The van der Waals surface area contributed by atoms with Crippen LogP contribution in [0.3, 0.4) is 0 Å². The van der Waals surface area contributed by atoms with E-state index in [-0.39, 0.29) is 0 Å². The topological polar surface area (TPSA) is 18.5 Å². The monoisotopic (exact) mass is 209 g/mol. The molecule has 1 aromatic carbocycles. The minimum atomic E-state index is -1.66. The molecule has 4 heteroatoms. The average Bonchev–Trinajstić information content (AvgIpc) is 2.18. The van der Waals surface area contributed by atoms with Gasteiger partial charge < -0.3 is 8.85 Å². The van der Waals surface area contributed by atoms with Crippen molar-refractivity contribution in [3.63, 3.8) is 0 Å². The lowest BCUT2D eigenvalue weighted by Gasteiger charge is -2.20. The van der Waals surface area contributed by atoms with Crippen LogP contribution < -0.4 is 9.61 Å². The summed E-state index contributed by atoms with van der Waals surface area (Å²) in [5.41, 5.74) is 0. The molecule has 0 unspecified atom stereocenters. The standard InChI is InChI=1S/C9H13O2Si2/c1-10-13(2,3)9-6-4-8(11-12)5-7-9/h4-7H,1-3H3. The molecule has 0 N–H and O–H groups in total. The van der Waals surface area contributed by atoms with Crippen LogP contribution in [-0.2, 0) is 4.43 Å². The average molecular weight is 209 g/mol. The third-order valence-electron chi connectivity index (χ3n) is 2.18. The van der Waals surface area contributed by atoms with Crippen LogP contribution in [0.4, 0.5) is 0 Å². The smallest absolute Gasteiger partial charge is 0.341 e. The van der Waals surface area contributed by atoms with Gasteiger partial charge in [0.1, 0.15) is 5.75 Å². The number of rotatable bonds is 3. The van der Waals surface area contributed by atoms with Gasteiger partial charge in [-0.25, -0.2) is 0 Å². The maximum Gasteiger partial charge on any atom is 0.341 e. The van der Waals surface area contributed by atoms with Crippen LogP contribution >= 0.6 is 0 Å². The first-order valence-corrected chi connectivity index (χ1v) is 7.41. The van der Waals surface area contributed by atoms with Crippen molar-refractivity contribution in [1.82, 2.24) is 0 Å². The molecule has 0 aliphatic carbocycles. The molecule has 3 radical (unpaired) electrons. The fraction of sp³-hybridized carbons (Fsp3) is 0.333. The maximum absolute atomic E-state index is 5.48. The summed E-state index contributed by atoms with van der Waals surface area (Å²) in [6.07, 6.45) is 0. The Hall–Kier alpha value is -0.586. The molecule has 0 heterocycles. The first-order chi connectivity index (χ1) is 6.10. The molecule has 0 fully saturated rings. The molecule has 0 aliphatic heterocycles. The van der Waals surface area contributed by atoms with Crippen LogP contribution in [0.1, 0.15) is 0 Å². The summed E-state index contributed by atoms with van der Waals surface area (Å²) < 4.78 is 10.4. The van der Waals surface area contributed by atoms with E-state index in [2.05, 4.69) is 23.6 Å². The molecular formula is C9H13O2Si2. The third kappa shape index (κ3) is 2.43. The number of benzene rings is 1. The molecule has 0 amide bonds. The zero-order valence-corrected chi connectivity index (χ0v) is 10.1. The maximum atomic E-state index is 5.48. The Balaban J connectivity index is 2.92. The van der Waals surface area contributed by atoms with Gasteiger partial charge in [0.2, 0.25) is 8.32 Å². The van der Waals surface area contributed by atoms with Crippen molar-refractivity contribution in [3.8, 4) is 5.75 Å². The Labute approximate surface area is 83.6 Å². The van der Waals surface area contributed by atoms with Crippen LogP contribution in [0.25, 0.3) is 0 Å². The number of hydrogen-bond acceptors (Lipinski definition) is 2. The SMILES string of the molecule is CO[Si](C)(C)c1ccc(O[Si])cc1. The molecule has 2 nitrogen and oxygen atoms in total. The van der Waals surface area contributed by atoms with Crippen molar-refractivity contribution < 1.29 is 8.85 Å². The summed E-state index contributed by atoms with van der Waals surface area (Å²) in [6.45, 7) is 4.33. The lowest BCUT2D eigenvalue weighted by atomic mass is 10.3. The van der Waals surface area contributed by atoms with Crippen molar-refractivity contribution >= 4 is 24.0 Å². The van der Waals surface area contributed by atoms with E-state index >= 15 is 0 Å². The predicted octanol–water partition coefficient (Wildman–Crippen LogP) is 1.21. The van der Waals surface area contributed by atoms with E-state index in [0.717, 1.165) is 5.75 Å². The van der Waals surface area contributed by atoms with Crippen molar-refractivity contribution in [2.24, 2.45) is 0 Å². The highest BCUT2D eigenvalue weighted by molar-refractivity contribution is 6.84. The first kappa shape index (κ1) is 10.5. The second-order valence-corrected chi connectivity index (χ2v) is 7.55. The third-order valence-corrected chi connectivity index (χ3v) is 5.16. The van der Waals surface area contributed by atoms with Gasteiger partial charge in [-0.2, -0.15) is 0 Å². The first-order valence-electron chi connectivity index (χ1n) is 4.09. The Morgan fingerprint density at radius 2 is 1.69 bits per heavy atom. The molecule has 69 valence electrons. The highest BCUT2D eigenvalue weighted by atomic mass is 28.4. The molecule has 0 bridgehead atoms. The Kier molecular flexibility index (Phi) is 3.30. The van der Waals surface area contributed by atoms with E-state index in [1.54, 1.807) is 7.11 Å². The largest absolute Gasteiger partial charge is 0.540 e. The van der Waals surface area contributed by atoms with E-state index in [9.17, 15) is 0 Å². The molecule has 0 saturated carbocycles. The minimum Gasteiger partial charge on any atom is -0.540 e. The Bertz CT molecular complexity index is 269. The van der Waals surface area contributed by atoms with Crippen LogP contribution in [-0.4, -0.2) is 25.9 Å². The van der Waals surface area contributed by atoms with Crippen LogP contribution in [0, 0.1) is 0 Å². The Morgan fingerprint density at radius 1 is 1.15 bits per heavy atom. The molecular weight excluding hydrogens is 196 g/mol. The molecule has 13 heavy (non-hydrogen) atoms. The van der Waals surface area contributed by atoms with E-state index in [1.165, 1.54) is 5.19 Å². The second kappa shape index (κ2) is 4.08. The fourth-order valence-electron chi connectivity index (χ4n) is 1.04. The lowest BCUT2D eigenvalue weighted by Crippen LogP contribution is -2.43. The zero-order chi connectivity index (χ0) is 9.90. The summed E-state index contributed by atoms with van der Waals surface area (Å²) in [6, 6.07) is 7.95. The lowest BCUT2D eigenvalue weighted by molar-refractivity contribution is 0.416. The van der Waals surface area contributed by atoms with Gasteiger partial charge in [-0.3, -0.25) is 0 Å². The van der Waals surface area contributed by atoms with Gasteiger partial charge in [0.05, 0.1) is 0 Å². The molecule has 0 aromatic heterocycles. The molecule has 0 spiro atoms. The summed E-state index contributed by atoms with van der Waals surface area (Å²) in [5, 5.41) is 1.27. The zero-order valence-electron chi connectivity index (χ0n) is 8.13. The molecule has 1 aromatic rings. The van der Waals surface area contributed by atoms with Gasteiger partial charge >= 0.3 is 10.5 Å². The van der Waals surface area contributed by atoms with E-state index in [4.69, 9.17) is 8.85 Å². The van der Waals surface area contributed by atoms with Crippen LogP contribution in [0.5, 0.6) is 5.75 Å². The van der Waals surface area contributed by atoms with Crippen LogP contribution in [0.15, 0.2) is 24.3 Å². The summed E-state index contributed by atoms with van der Waals surface area (Å²) in [7, 11) is 3.08. The van der Waals surface area contributed by atoms with Crippen molar-refractivity contribution in [3.05, 3.63) is 24.3 Å². The van der Waals surface area contributed by atoms with Crippen molar-refractivity contribution in [1.29, 1.82) is 0 Å². The summed E-state index contributed by atoms with van der Waals surface area (Å²) in [5.74, 6) is 0.807. The molecule has 1 rings (SSSR count). The van der Waals surface area contributed by atoms with E-state index in [0.29, 0.717) is 0 Å². The fourth-order valence-corrected chi connectivity index (χ4v) is 2.38. The Morgan fingerprint density at radius 3 is 2.08 bits per heavy atom. The normalized spacial score (nSPS) is 11.4. The number of hydrogen-bond donors (Lipinski definition) is 0. The molecule has 0 aliphatic rings. The molecule has 0 atom stereocenters. The van der Waals surface area contributed by atoms with Crippen molar-refractivity contribution in [2.75, 3.05) is 7.11 Å². The van der Waals surface area contributed by atoms with Gasteiger partial charge in [0.15, 0.2) is 0 Å². The van der Waals surface area contributed by atoms with Gasteiger partial charge in [0.25, 0.3) is 0 Å². The van der Waals surface area contributed by atoms with Gasteiger partial charge in [0, 0.05) is 7.11 Å². The van der Waals surface area contributed by atoms with Gasteiger partial charge in [-0.1, -0.05) is 12.1 Å². The summed E-state index contributed by atoms with van der Waals surface area (Å²) in [4.78, 5) is 0. The van der Waals surface area contributed by atoms with Gasteiger partial charge in [-0.15, -0.1) is 0 Å². The van der Waals surface area contributed by atoms with E-state index in [1.807, 2.05) is 24.3 Å². The second-order valence-electron chi connectivity index (χ2n) is 3.34. The minimum absolute atomic E-state index is 0.807. The predicted molar refractivity (Wildman–Crippen MR) is 56.9 cm³/mol. The highest BCUT2D eigenvalue weighted by Gasteiger charge is 2.22. The van der Waals surface area contributed by atoms with E-state index < -0.39 is 8.32 Å². The summed E-state index contributed by atoms with van der Waals surface area (Å²) >= 11 is 0. The quantitative estimate of drug-likeness (QED) is 0.697.